The van der Waals surface area contributed by atoms with Gasteiger partial charge in [-0.1, -0.05) is 33.6 Å². The molecule has 0 fully saturated rings. The van der Waals surface area contributed by atoms with Crippen LogP contribution in [0.5, 0.6) is 0 Å². The molecule has 0 aromatic heterocycles. The van der Waals surface area contributed by atoms with Crippen molar-refractivity contribution in [3.05, 3.63) is 0 Å². The Balaban J connectivity index is 0. The summed E-state index contributed by atoms with van der Waals surface area (Å²) in [5, 5.41) is 0.750. The molecular formula is C6H16BK. The second-order valence-electron chi connectivity index (χ2n) is 2.23. The Morgan fingerprint density at radius 3 is 1.38 bits per heavy atom. The topological polar surface area (TPSA) is 0 Å². The molecule has 0 nitrogen and oxygen atoms in total. The fourth-order valence-electron chi connectivity index (χ4n) is 0. The Labute approximate surface area is 96.6 Å². The van der Waals surface area contributed by atoms with Crippen LogP contribution in [0, 0.1) is 5.92 Å². The molecule has 8 heavy (non-hydrogen) atoms. The molecule has 0 radical (unpaired) electrons. The van der Waals surface area contributed by atoms with E-state index in [0.29, 0.717) is 7.85 Å². The summed E-state index contributed by atoms with van der Waals surface area (Å²) < 4.78 is 0. The Morgan fingerprint density at radius 1 is 1.25 bits per heavy atom. The van der Waals surface area contributed by atoms with Crippen molar-refractivity contribution in [2.75, 3.05) is 0 Å². The molecule has 0 saturated carbocycles. The molecule has 0 aromatic carbocycles. The van der Waals surface area contributed by atoms with E-state index in [1.807, 2.05) is 0 Å². The van der Waals surface area contributed by atoms with Crippen molar-refractivity contribution in [2.24, 2.45) is 5.92 Å². The first-order chi connectivity index (χ1) is 2.94. The molecule has 2 heteroatoms. The Bertz CT molecular complexity index is 54.0. The minimum Gasteiger partial charge on any atom is -0.167 e. The van der Waals surface area contributed by atoms with Gasteiger partial charge >= 0.3 is 51.4 Å². The van der Waals surface area contributed by atoms with E-state index in [1.54, 1.807) is 0 Å². The molecule has 0 rings (SSSR count). The Kier molecular flexibility index (Phi) is 6.98. The van der Waals surface area contributed by atoms with Gasteiger partial charge in [0, 0.05) is 0 Å². The van der Waals surface area contributed by atoms with Crippen molar-refractivity contribution >= 4 is 7.85 Å². The predicted molar refractivity (Wildman–Crippen MR) is 38.8 cm³/mol. The van der Waals surface area contributed by atoms with Crippen molar-refractivity contribution in [2.45, 2.75) is 33.0 Å². The Morgan fingerprint density at radius 2 is 1.38 bits per heavy atom. The molecule has 0 aliphatic heterocycles. The first kappa shape index (κ1) is 12.4. The van der Waals surface area contributed by atoms with Crippen LogP contribution < -0.4 is 51.4 Å². The van der Waals surface area contributed by atoms with Gasteiger partial charge in [-0.25, -0.2) is 0 Å². The SMILES string of the molecule is [BH3-]C(C)(C)C(C)C.[K+]. The maximum absolute atomic E-state index is 2.37. The molecule has 44 valence electrons. The second-order valence-corrected chi connectivity index (χ2v) is 2.23. The van der Waals surface area contributed by atoms with E-state index in [4.69, 9.17) is 0 Å². The van der Waals surface area contributed by atoms with Crippen molar-refractivity contribution < 1.29 is 51.4 Å². The Hall–Kier alpha value is 1.70. The van der Waals surface area contributed by atoms with Crippen LogP contribution in [-0.2, 0) is 0 Å². The van der Waals surface area contributed by atoms with E-state index in [9.17, 15) is 0 Å². The van der Waals surface area contributed by atoms with E-state index in [-0.39, 0.29) is 51.4 Å². The molecule has 0 N–H and O–H groups in total. The van der Waals surface area contributed by atoms with Crippen molar-refractivity contribution in [3.63, 3.8) is 0 Å². The van der Waals surface area contributed by atoms with Crippen LogP contribution in [0.2, 0.25) is 5.31 Å². The standard InChI is InChI=1S/C6H16B.K/c1-5(2)6(3,4)7;/h5H,1-4,7H3;/q-1;+1. The molecule has 0 unspecified atom stereocenters. The summed E-state index contributed by atoms with van der Waals surface area (Å²) in [6.07, 6.45) is 0. The summed E-state index contributed by atoms with van der Waals surface area (Å²) in [4.78, 5) is 0. The summed E-state index contributed by atoms with van der Waals surface area (Å²) in [7, 11) is 0.553. The number of hydrogen-bond acceptors (Lipinski definition) is 0. The van der Waals surface area contributed by atoms with Crippen molar-refractivity contribution in [3.8, 4) is 0 Å². The third kappa shape index (κ3) is 5.83. The summed E-state index contributed by atoms with van der Waals surface area (Å²) >= 11 is 0. The van der Waals surface area contributed by atoms with Gasteiger partial charge in [0.25, 0.3) is 0 Å². The van der Waals surface area contributed by atoms with Gasteiger partial charge in [0.15, 0.2) is 0 Å². The zero-order chi connectivity index (χ0) is 6.08. The summed E-state index contributed by atoms with van der Waals surface area (Å²) in [6.45, 7) is 9.37. The zero-order valence-corrected chi connectivity index (χ0v) is 9.20. The third-order valence-corrected chi connectivity index (χ3v) is 1.15. The first-order valence-corrected chi connectivity index (χ1v) is 2.44. The molecule has 0 aromatic rings. The number of hydrogen-bond donors (Lipinski definition) is 0. The van der Waals surface area contributed by atoms with Gasteiger partial charge in [-0.2, -0.15) is 5.31 Å². The fourth-order valence-corrected chi connectivity index (χ4v) is 0. The quantitative estimate of drug-likeness (QED) is 0.375. The molecule has 0 amide bonds. The summed E-state index contributed by atoms with van der Waals surface area (Å²) in [5.74, 6) is 0.910. The second kappa shape index (κ2) is 4.51. The molecule has 0 aliphatic carbocycles. The average molecular weight is 138 g/mol. The van der Waals surface area contributed by atoms with E-state index in [2.05, 4.69) is 27.7 Å². The fraction of sp³-hybridized carbons (Fsp3) is 1.00. The maximum Gasteiger partial charge on any atom is 1.00 e. The van der Waals surface area contributed by atoms with Gasteiger partial charge in [-0.3, -0.25) is 0 Å². The van der Waals surface area contributed by atoms with Gasteiger partial charge in [0.2, 0.25) is 0 Å². The smallest absolute Gasteiger partial charge is 0.167 e. The molecule has 0 bridgehead atoms. The first-order valence-electron chi connectivity index (χ1n) is 2.44. The van der Waals surface area contributed by atoms with E-state index in [0.717, 1.165) is 11.2 Å². The molecule has 0 aliphatic rings. The minimum absolute atomic E-state index is 0. The van der Waals surface area contributed by atoms with Gasteiger partial charge in [0.05, 0.1) is 0 Å². The van der Waals surface area contributed by atoms with Gasteiger partial charge in [0.1, 0.15) is 0 Å². The molecular weight excluding hydrogens is 122 g/mol. The van der Waals surface area contributed by atoms with Crippen LogP contribution in [-0.4, -0.2) is 7.85 Å². The van der Waals surface area contributed by atoms with Crippen LogP contribution in [0.15, 0.2) is 0 Å². The molecule has 0 saturated heterocycles. The average Bonchev–Trinajstić information content (AvgIpc) is 1.31. The van der Waals surface area contributed by atoms with Gasteiger partial charge < -0.3 is 0 Å². The summed E-state index contributed by atoms with van der Waals surface area (Å²) in [5.41, 5.74) is 0. The van der Waals surface area contributed by atoms with E-state index >= 15 is 0 Å². The van der Waals surface area contributed by atoms with Gasteiger partial charge in [-0.05, 0) is 7.85 Å². The number of rotatable bonds is 1. The third-order valence-electron chi connectivity index (χ3n) is 1.15. The molecule has 0 spiro atoms. The predicted octanol–water partition coefficient (Wildman–Crippen LogP) is -1.79. The maximum atomic E-state index is 2.37. The molecule has 0 atom stereocenters. The zero-order valence-electron chi connectivity index (χ0n) is 6.08. The van der Waals surface area contributed by atoms with Crippen LogP contribution in [0.25, 0.3) is 0 Å². The van der Waals surface area contributed by atoms with Crippen LogP contribution >= 0.6 is 0 Å². The van der Waals surface area contributed by atoms with Crippen LogP contribution in [0.1, 0.15) is 27.7 Å². The molecule has 0 heterocycles. The summed E-state index contributed by atoms with van der Waals surface area (Å²) in [6, 6.07) is 0. The van der Waals surface area contributed by atoms with E-state index < -0.39 is 0 Å². The van der Waals surface area contributed by atoms with Crippen molar-refractivity contribution in [1.29, 1.82) is 0 Å². The van der Waals surface area contributed by atoms with Crippen molar-refractivity contribution in [1.82, 2.24) is 0 Å². The van der Waals surface area contributed by atoms with Gasteiger partial charge in [-0.15, -0.1) is 0 Å². The normalized spacial score (nSPS) is 11.2. The van der Waals surface area contributed by atoms with Crippen LogP contribution in [0.3, 0.4) is 0 Å². The minimum atomic E-state index is 0. The largest absolute Gasteiger partial charge is 1.00 e. The van der Waals surface area contributed by atoms with E-state index in [1.165, 1.54) is 0 Å². The van der Waals surface area contributed by atoms with Crippen LogP contribution in [0.4, 0.5) is 0 Å². The monoisotopic (exact) mass is 138 g/mol.